The average Bonchev–Trinajstić information content (AvgIpc) is 2.03. The van der Waals surface area contributed by atoms with E-state index in [1.807, 2.05) is 14.1 Å². The fourth-order valence-electron chi connectivity index (χ4n) is 0.175. The molecule has 0 saturated heterocycles. The maximum absolute atomic E-state index is 9.68. The molecule has 5 N–H and O–H groups in total. The number of aliphatic hydroxyl groups is 1. The van der Waals surface area contributed by atoms with Crippen molar-refractivity contribution in [3.05, 3.63) is 0 Å². The van der Waals surface area contributed by atoms with E-state index in [1.54, 1.807) is 6.92 Å². The molecule has 0 aromatic rings. The fraction of sp³-hybridized carbons (Fsp3) is 0.750. The molecular formula is C8H20N2O4. The van der Waals surface area contributed by atoms with Gasteiger partial charge in [-0.2, -0.15) is 0 Å². The third kappa shape index (κ3) is 44.7. The highest BCUT2D eigenvalue weighted by molar-refractivity contribution is 5.71. The van der Waals surface area contributed by atoms with Crippen molar-refractivity contribution < 1.29 is 19.8 Å². The Kier molecular flexibility index (Phi) is 19.1. The second-order valence-corrected chi connectivity index (χ2v) is 2.37. The molecule has 0 rings (SSSR count). The molecule has 86 valence electrons. The molecule has 0 aliphatic carbocycles. The van der Waals surface area contributed by atoms with E-state index in [1.165, 1.54) is 6.92 Å². The van der Waals surface area contributed by atoms with Crippen LogP contribution >= 0.6 is 0 Å². The van der Waals surface area contributed by atoms with Crippen molar-refractivity contribution in [2.24, 2.45) is 5.73 Å². The third-order valence-electron chi connectivity index (χ3n) is 0.672. The molecule has 6 nitrogen and oxygen atoms in total. The maximum Gasteiger partial charge on any atom is 0.332 e. The molecule has 1 unspecified atom stereocenters. The molecule has 0 fully saturated rings. The Bertz CT molecular complexity index is 146. The number of amides is 1. The Balaban J connectivity index is -0.000000147. The summed E-state index contributed by atoms with van der Waals surface area (Å²) in [7, 11) is 3.75. The molecule has 0 aliphatic heterocycles. The Morgan fingerprint density at radius 2 is 1.64 bits per heavy atom. The molecular weight excluding hydrogens is 188 g/mol. The zero-order chi connectivity index (χ0) is 12.1. The monoisotopic (exact) mass is 208 g/mol. The van der Waals surface area contributed by atoms with Gasteiger partial charge in [-0.25, -0.2) is 4.79 Å². The van der Waals surface area contributed by atoms with Gasteiger partial charge in [0.2, 0.25) is 5.91 Å². The lowest BCUT2D eigenvalue weighted by Gasteiger charge is -1.95. The van der Waals surface area contributed by atoms with Crippen molar-refractivity contribution in [2.45, 2.75) is 26.4 Å². The predicted octanol–water partition coefficient (Wildman–Crippen LogP) is -0.831. The molecule has 6 heteroatoms. The maximum atomic E-state index is 9.68. The van der Waals surface area contributed by atoms with Crippen LogP contribution in [0.2, 0.25) is 0 Å². The molecule has 14 heavy (non-hydrogen) atoms. The molecule has 0 radical (unpaired) electrons. The number of aliphatic carboxylic acids is 1. The standard InChI is InChI=1S/C4H8O3.C2H5NO.C2H7N/c1-2-3(5)4(6)7;1-2(3)4;1-3-2/h3,5H,2H2,1H3,(H,6,7);1H3,(H2,3,4);3H,1-2H3. The first-order valence-corrected chi connectivity index (χ1v) is 4.08. The molecule has 0 saturated carbocycles. The average molecular weight is 208 g/mol. The first kappa shape index (κ1) is 18.6. The molecule has 0 aromatic carbocycles. The quantitative estimate of drug-likeness (QED) is 0.473. The zero-order valence-electron chi connectivity index (χ0n) is 9.07. The topological polar surface area (TPSA) is 113 Å². The first-order valence-electron chi connectivity index (χ1n) is 4.08. The summed E-state index contributed by atoms with van der Waals surface area (Å²) in [5.74, 6) is -1.48. The van der Waals surface area contributed by atoms with E-state index in [4.69, 9.17) is 10.2 Å². The van der Waals surface area contributed by atoms with Crippen LogP contribution in [0.3, 0.4) is 0 Å². The van der Waals surface area contributed by atoms with Crippen LogP contribution in [0.25, 0.3) is 0 Å². The van der Waals surface area contributed by atoms with E-state index < -0.39 is 12.1 Å². The number of carbonyl (C=O) groups excluding carboxylic acids is 1. The second-order valence-electron chi connectivity index (χ2n) is 2.37. The number of hydrogen-bond donors (Lipinski definition) is 4. The Morgan fingerprint density at radius 3 is 1.64 bits per heavy atom. The molecule has 0 spiro atoms. The number of nitrogens with one attached hydrogen (secondary N) is 1. The largest absolute Gasteiger partial charge is 0.479 e. The number of carboxylic acids is 1. The highest BCUT2D eigenvalue weighted by Gasteiger charge is 2.07. The predicted molar refractivity (Wildman–Crippen MR) is 53.8 cm³/mol. The minimum absolute atomic E-state index is 0.273. The van der Waals surface area contributed by atoms with E-state index in [-0.39, 0.29) is 12.3 Å². The highest BCUT2D eigenvalue weighted by atomic mass is 16.4. The lowest BCUT2D eigenvalue weighted by Crippen LogP contribution is -2.17. The number of aliphatic hydroxyl groups excluding tert-OH is 1. The van der Waals surface area contributed by atoms with Crippen molar-refractivity contribution in [3.8, 4) is 0 Å². The SMILES string of the molecule is CC(N)=O.CCC(O)C(=O)O.CNC. The summed E-state index contributed by atoms with van der Waals surface area (Å²) in [6.07, 6.45) is -0.907. The summed E-state index contributed by atoms with van der Waals surface area (Å²) >= 11 is 0. The Hall–Kier alpha value is -1.14. The number of rotatable bonds is 2. The lowest BCUT2D eigenvalue weighted by atomic mass is 10.3. The van der Waals surface area contributed by atoms with Crippen LogP contribution in [0.15, 0.2) is 0 Å². The third-order valence-corrected chi connectivity index (χ3v) is 0.672. The number of hydrogen-bond acceptors (Lipinski definition) is 4. The summed E-state index contributed by atoms with van der Waals surface area (Å²) < 4.78 is 0. The highest BCUT2D eigenvalue weighted by Crippen LogP contribution is 1.86. The van der Waals surface area contributed by atoms with Crippen LogP contribution < -0.4 is 11.1 Å². The second kappa shape index (κ2) is 14.4. The summed E-state index contributed by atoms with van der Waals surface area (Å²) in [5, 5.41) is 19.0. The van der Waals surface area contributed by atoms with Crippen LogP contribution in [0.5, 0.6) is 0 Å². The van der Waals surface area contributed by atoms with E-state index in [2.05, 4.69) is 11.1 Å². The molecule has 1 amide bonds. The van der Waals surface area contributed by atoms with Gasteiger partial charge < -0.3 is 21.3 Å². The van der Waals surface area contributed by atoms with Crippen LogP contribution in [0.1, 0.15) is 20.3 Å². The van der Waals surface area contributed by atoms with Crippen molar-refractivity contribution in [3.63, 3.8) is 0 Å². The van der Waals surface area contributed by atoms with Crippen molar-refractivity contribution in [1.29, 1.82) is 0 Å². The van der Waals surface area contributed by atoms with Crippen LogP contribution in [0, 0.1) is 0 Å². The van der Waals surface area contributed by atoms with Crippen molar-refractivity contribution >= 4 is 11.9 Å². The molecule has 0 bridgehead atoms. The molecule has 1 atom stereocenters. The number of nitrogens with two attached hydrogens (primary N) is 1. The summed E-state index contributed by atoms with van der Waals surface area (Å²) in [5.41, 5.74) is 4.47. The van der Waals surface area contributed by atoms with Gasteiger partial charge in [0, 0.05) is 6.92 Å². The van der Waals surface area contributed by atoms with E-state index in [0.717, 1.165) is 0 Å². The fourth-order valence-corrected chi connectivity index (χ4v) is 0.175. The van der Waals surface area contributed by atoms with Gasteiger partial charge >= 0.3 is 5.97 Å². The first-order chi connectivity index (χ1) is 6.33. The van der Waals surface area contributed by atoms with Gasteiger partial charge in [0.15, 0.2) is 6.10 Å². The van der Waals surface area contributed by atoms with E-state index in [0.29, 0.717) is 0 Å². The van der Waals surface area contributed by atoms with E-state index in [9.17, 15) is 9.59 Å². The zero-order valence-corrected chi connectivity index (χ0v) is 9.07. The van der Waals surface area contributed by atoms with Gasteiger partial charge in [-0.15, -0.1) is 0 Å². The van der Waals surface area contributed by atoms with Crippen LogP contribution in [-0.4, -0.2) is 42.3 Å². The van der Waals surface area contributed by atoms with Gasteiger partial charge in [-0.1, -0.05) is 6.92 Å². The summed E-state index contributed by atoms with van der Waals surface area (Å²) in [6, 6.07) is 0. The summed E-state index contributed by atoms with van der Waals surface area (Å²) in [4.78, 5) is 18.9. The normalized spacial score (nSPS) is 9.79. The van der Waals surface area contributed by atoms with Gasteiger partial charge in [-0.05, 0) is 20.5 Å². The Labute approximate surface area is 84.1 Å². The minimum atomic E-state index is -1.18. The number of primary amides is 1. The van der Waals surface area contributed by atoms with Gasteiger partial charge in [0.25, 0.3) is 0 Å². The Morgan fingerprint density at radius 1 is 1.43 bits per heavy atom. The minimum Gasteiger partial charge on any atom is -0.479 e. The summed E-state index contributed by atoms with van der Waals surface area (Å²) in [6.45, 7) is 2.92. The number of carboxylic acid groups (broad SMARTS) is 1. The van der Waals surface area contributed by atoms with Crippen LogP contribution in [0.4, 0.5) is 0 Å². The van der Waals surface area contributed by atoms with Gasteiger partial charge in [0.1, 0.15) is 0 Å². The molecule has 0 aromatic heterocycles. The van der Waals surface area contributed by atoms with Gasteiger partial charge in [0.05, 0.1) is 0 Å². The molecule has 0 aliphatic rings. The van der Waals surface area contributed by atoms with Crippen molar-refractivity contribution in [1.82, 2.24) is 5.32 Å². The van der Waals surface area contributed by atoms with Crippen molar-refractivity contribution in [2.75, 3.05) is 14.1 Å². The smallest absolute Gasteiger partial charge is 0.332 e. The lowest BCUT2D eigenvalue weighted by molar-refractivity contribution is -0.146. The molecule has 0 heterocycles. The van der Waals surface area contributed by atoms with E-state index >= 15 is 0 Å². The van der Waals surface area contributed by atoms with Gasteiger partial charge in [-0.3, -0.25) is 4.79 Å². The van der Waals surface area contributed by atoms with Crippen LogP contribution in [-0.2, 0) is 9.59 Å². The number of carbonyl (C=O) groups is 2.